The zero-order chi connectivity index (χ0) is 28.3. The van der Waals surface area contributed by atoms with Crippen molar-refractivity contribution >= 4 is 11.8 Å². The number of thioether (sulfide) groups is 1. The minimum Gasteiger partial charge on any atom is -0.129 e. The molecular formula is C38H52S. The first kappa shape index (κ1) is 31.3. The van der Waals surface area contributed by atoms with E-state index in [0.29, 0.717) is 17.8 Å². The van der Waals surface area contributed by atoms with Crippen LogP contribution in [0.15, 0.2) is 113 Å². The first-order valence-electron chi connectivity index (χ1n) is 15.4. The summed E-state index contributed by atoms with van der Waals surface area (Å²) in [6.45, 7) is 22.0. The average molecular weight is 541 g/mol. The third kappa shape index (κ3) is 7.71. The summed E-state index contributed by atoms with van der Waals surface area (Å²) in [6, 6.07) is 0. The second kappa shape index (κ2) is 15.5. The average Bonchev–Trinajstić information content (AvgIpc) is 2.86. The van der Waals surface area contributed by atoms with Crippen LogP contribution in [0.3, 0.4) is 0 Å². The fourth-order valence-electron chi connectivity index (χ4n) is 6.59. The largest absolute Gasteiger partial charge is 0.129 e. The third-order valence-electron chi connectivity index (χ3n) is 8.95. The monoisotopic (exact) mass is 540 g/mol. The topological polar surface area (TPSA) is 0 Å². The van der Waals surface area contributed by atoms with E-state index in [2.05, 4.69) is 114 Å². The summed E-state index contributed by atoms with van der Waals surface area (Å²) in [5, 5.41) is 0. The summed E-state index contributed by atoms with van der Waals surface area (Å²) < 4.78 is 0. The molecule has 3 aliphatic rings. The van der Waals surface area contributed by atoms with Gasteiger partial charge in [-0.3, -0.25) is 0 Å². The van der Waals surface area contributed by atoms with Crippen molar-refractivity contribution in [3.8, 4) is 0 Å². The number of unbranched alkanes of at least 4 members (excludes halogenated alkanes) is 1. The van der Waals surface area contributed by atoms with Crippen LogP contribution in [-0.4, -0.2) is 0 Å². The van der Waals surface area contributed by atoms with Crippen LogP contribution in [-0.2, 0) is 0 Å². The molecular weight excluding hydrogens is 488 g/mol. The van der Waals surface area contributed by atoms with Gasteiger partial charge in [0.2, 0.25) is 0 Å². The molecule has 0 aliphatic heterocycles. The fourth-order valence-corrected chi connectivity index (χ4v) is 7.63. The van der Waals surface area contributed by atoms with Gasteiger partial charge in [-0.1, -0.05) is 131 Å². The third-order valence-corrected chi connectivity index (χ3v) is 9.98. The highest BCUT2D eigenvalue weighted by Crippen LogP contribution is 2.59. The van der Waals surface area contributed by atoms with Crippen molar-refractivity contribution in [1.82, 2.24) is 0 Å². The molecule has 0 bridgehead atoms. The highest BCUT2D eigenvalue weighted by molar-refractivity contribution is 8.06. The zero-order valence-corrected chi connectivity index (χ0v) is 26.0. The van der Waals surface area contributed by atoms with Crippen LogP contribution in [0.2, 0.25) is 0 Å². The Hall–Kier alpha value is -2.21. The van der Waals surface area contributed by atoms with Crippen molar-refractivity contribution in [2.45, 2.75) is 91.9 Å². The van der Waals surface area contributed by atoms with Gasteiger partial charge in [0.25, 0.3) is 0 Å². The molecule has 3 aliphatic carbocycles. The van der Waals surface area contributed by atoms with E-state index in [4.69, 9.17) is 0 Å². The Morgan fingerprint density at radius 1 is 1.21 bits per heavy atom. The minimum absolute atomic E-state index is 0.0942. The van der Waals surface area contributed by atoms with Crippen LogP contribution in [0, 0.1) is 29.1 Å². The molecule has 0 saturated carbocycles. The molecule has 0 aromatic rings. The Labute approximate surface area is 244 Å². The van der Waals surface area contributed by atoms with Crippen molar-refractivity contribution in [3.05, 3.63) is 113 Å². The summed E-state index contributed by atoms with van der Waals surface area (Å²) in [4.78, 5) is 2.43. The highest BCUT2D eigenvalue weighted by atomic mass is 32.2. The highest BCUT2D eigenvalue weighted by Gasteiger charge is 2.47. The molecule has 3 rings (SSSR count). The van der Waals surface area contributed by atoms with E-state index >= 15 is 0 Å². The van der Waals surface area contributed by atoms with Crippen molar-refractivity contribution in [2.24, 2.45) is 29.1 Å². The standard InChI is InChI=1S/C38H52S/c1-8-12-17-25-38(35-22-19-23-35)26-18-15-16-21-33-28-34(37(33)38)27-32(11-4)30(6)36(24-14-10-3)31(7)39-29(5)20-13-9-2/h8,12,14-15,17-19,22,24-25,30,34-36H,4-5,7,9-10,13,16,20-21,23,26-28H2,1-3,6H3/b12-8-,18-15-,24-14-,25-17-. The molecule has 39 heavy (non-hydrogen) atoms. The van der Waals surface area contributed by atoms with Crippen molar-refractivity contribution < 1.29 is 0 Å². The van der Waals surface area contributed by atoms with Gasteiger partial charge < -0.3 is 0 Å². The van der Waals surface area contributed by atoms with E-state index in [1.54, 1.807) is 22.9 Å². The van der Waals surface area contributed by atoms with E-state index in [1.807, 2.05) is 0 Å². The lowest BCUT2D eigenvalue weighted by atomic mass is 9.53. The van der Waals surface area contributed by atoms with E-state index in [1.165, 1.54) is 53.9 Å². The van der Waals surface area contributed by atoms with Crippen molar-refractivity contribution in [1.29, 1.82) is 0 Å². The summed E-state index contributed by atoms with van der Waals surface area (Å²) >= 11 is 1.80. The minimum atomic E-state index is 0.0942. The Morgan fingerprint density at radius 2 is 2.00 bits per heavy atom. The van der Waals surface area contributed by atoms with Gasteiger partial charge in [-0.25, -0.2) is 0 Å². The summed E-state index contributed by atoms with van der Waals surface area (Å²) in [5.41, 5.74) is 8.32. The molecule has 0 aromatic heterocycles. The second-order valence-electron chi connectivity index (χ2n) is 11.6. The Bertz CT molecular complexity index is 1100. The van der Waals surface area contributed by atoms with E-state index in [-0.39, 0.29) is 11.3 Å². The van der Waals surface area contributed by atoms with Crippen molar-refractivity contribution in [2.75, 3.05) is 0 Å². The van der Waals surface area contributed by atoms with Gasteiger partial charge in [0, 0.05) is 11.3 Å². The number of hydrogen-bond acceptors (Lipinski definition) is 1. The van der Waals surface area contributed by atoms with Gasteiger partial charge >= 0.3 is 0 Å². The molecule has 0 nitrogen and oxygen atoms in total. The second-order valence-corrected chi connectivity index (χ2v) is 12.9. The smallest absolute Gasteiger partial charge is 0.0200 e. The Kier molecular flexibility index (Phi) is 12.5. The van der Waals surface area contributed by atoms with E-state index in [0.717, 1.165) is 25.7 Å². The van der Waals surface area contributed by atoms with Crippen LogP contribution in [0.5, 0.6) is 0 Å². The van der Waals surface area contributed by atoms with Crippen LogP contribution < -0.4 is 0 Å². The summed E-state index contributed by atoms with van der Waals surface area (Å²) in [7, 11) is 0. The molecule has 0 fully saturated rings. The quantitative estimate of drug-likeness (QED) is 0.113. The van der Waals surface area contributed by atoms with Gasteiger partial charge in [-0.05, 0) is 97.8 Å². The molecule has 210 valence electrons. The van der Waals surface area contributed by atoms with Gasteiger partial charge in [0.1, 0.15) is 0 Å². The molecule has 1 heteroatoms. The maximum absolute atomic E-state index is 4.55. The molecule has 0 heterocycles. The maximum Gasteiger partial charge on any atom is 0.0200 e. The van der Waals surface area contributed by atoms with Crippen LogP contribution in [0.4, 0.5) is 0 Å². The van der Waals surface area contributed by atoms with Gasteiger partial charge in [-0.2, -0.15) is 0 Å². The Balaban J connectivity index is 1.87. The van der Waals surface area contributed by atoms with Crippen LogP contribution in [0.25, 0.3) is 0 Å². The first-order valence-corrected chi connectivity index (χ1v) is 16.2. The van der Waals surface area contributed by atoms with Crippen LogP contribution in [0.1, 0.15) is 91.9 Å². The molecule has 0 radical (unpaired) electrons. The molecule has 0 aromatic carbocycles. The fraction of sp³-hybridized carbons (Fsp3) is 0.500. The SMILES string of the molecule is C=C=C(CC1CC2=C1C(/C=C\C=C/C)(C1C=CC1)C/C=C\CC2)C(C)C(/C=C\CC)C(=C)SC(=C)CCCC. The normalized spacial score (nSPS) is 26.9. The van der Waals surface area contributed by atoms with Crippen molar-refractivity contribution in [3.63, 3.8) is 0 Å². The number of rotatable bonds is 15. The molecule has 0 amide bonds. The number of allylic oxidation sites excluding steroid dienone is 15. The molecule has 5 atom stereocenters. The molecule has 0 spiro atoms. The van der Waals surface area contributed by atoms with E-state index < -0.39 is 0 Å². The predicted molar refractivity (Wildman–Crippen MR) is 177 cm³/mol. The summed E-state index contributed by atoms with van der Waals surface area (Å²) in [5.74, 6) is 1.74. The van der Waals surface area contributed by atoms with Crippen LogP contribution >= 0.6 is 11.8 Å². The van der Waals surface area contributed by atoms with E-state index in [9.17, 15) is 0 Å². The maximum atomic E-state index is 4.55. The Morgan fingerprint density at radius 3 is 2.64 bits per heavy atom. The van der Waals surface area contributed by atoms with Gasteiger partial charge in [0.15, 0.2) is 0 Å². The number of hydrogen-bond donors (Lipinski definition) is 0. The molecule has 0 N–H and O–H groups in total. The van der Waals surface area contributed by atoms with Gasteiger partial charge in [-0.15, -0.1) is 5.73 Å². The predicted octanol–water partition coefficient (Wildman–Crippen LogP) is 12.0. The zero-order valence-electron chi connectivity index (χ0n) is 25.2. The first-order chi connectivity index (χ1) is 18.9. The molecule has 5 unspecified atom stereocenters. The summed E-state index contributed by atoms with van der Waals surface area (Å²) in [6.07, 6.45) is 34.9. The van der Waals surface area contributed by atoms with Gasteiger partial charge in [0.05, 0.1) is 0 Å². The lowest BCUT2D eigenvalue weighted by Gasteiger charge is -2.51. The lowest BCUT2D eigenvalue weighted by Crippen LogP contribution is -2.40. The lowest BCUT2D eigenvalue weighted by molar-refractivity contribution is 0.254. The molecule has 0 saturated heterocycles.